The van der Waals surface area contributed by atoms with Crippen molar-refractivity contribution in [3.63, 3.8) is 0 Å². The van der Waals surface area contributed by atoms with Crippen LogP contribution in [-0.4, -0.2) is 57.4 Å². The summed E-state index contributed by atoms with van der Waals surface area (Å²) in [5, 5.41) is 2.51. The maximum absolute atomic E-state index is 12.7. The maximum atomic E-state index is 12.7. The number of nitrogens with one attached hydrogen (secondary N) is 1. The van der Waals surface area contributed by atoms with Crippen LogP contribution in [0.2, 0.25) is 0 Å². The Morgan fingerprint density at radius 1 is 0.968 bits per heavy atom. The fourth-order valence-electron chi connectivity index (χ4n) is 3.17. The molecule has 1 aliphatic heterocycles. The molecule has 0 aromatic heterocycles. The standard InChI is InChI=1S/C21H22N2O7S/c1-29-20(25)17-9-2-3-10-18(17)21(26)30-14-19(24)22-15-7-6-8-16(13-15)31(27,28)23-11-4-5-12-23/h2-3,6-10,13H,4-5,11-12,14H2,1H3,(H,22,24). The second kappa shape index (κ2) is 9.71. The van der Waals surface area contributed by atoms with Crippen molar-refractivity contribution < 1.29 is 32.3 Å². The molecule has 1 saturated heterocycles. The van der Waals surface area contributed by atoms with E-state index in [4.69, 9.17) is 4.74 Å². The summed E-state index contributed by atoms with van der Waals surface area (Å²) in [4.78, 5) is 36.3. The highest BCUT2D eigenvalue weighted by atomic mass is 32.2. The molecule has 31 heavy (non-hydrogen) atoms. The van der Waals surface area contributed by atoms with Gasteiger partial charge in [-0.2, -0.15) is 4.31 Å². The molecule has 0 bridgehead atoms. The number of esters is 2. The van der Waals surface area contributed by atoms with Crippen LogP contribution in [0.5, 0.6) is 0 Å². The predicted octanol–water partition coefficient (Wildman–Crippen LogP) is 2.05. The molecule has 0 atom stereocenters. The number of benzene rings is 2. The number of anilines is 1. The minimum atomic E-state index is -3.62. The lowest BCUT2D eigenvalue weighted by Crippen LogP contribution is -2.28. The van der Waals surface area contributed by atoms with Crippen LogP contribution in [-0.2, 0) is 24.3 Å². The van der Waals surface area contributed by atoms with Gasteiger partial charge in [0.1, 0.15) is 0 Å². The number of hydrogen-bond donors (Lipinski definition) is 1. The molecule has 3 rings (SSSR count). The first-order valence-electron chi connectivity index (χ1n) is 9.57. The molecule has 9 nitrogen and oxygen atoms in total. The van der Waals surface area contributed by atoms with Gasteiger partial charge >= 0.3 is 11.9 Å². The van der Waals surface area contributed by atoms with E-state index in [1.165, 1.54) is 47.8 Å². The lowest BCUT2D eigenvalue weighted by atomic mass is 10.1. The summed E-state index contributed by atoms with van der Waals surface area (Å²) in [6.07, 6.45) is 1.64. The normalized spacial score (nSPS) is 14.1. The van der Waals surface area contributed by atoms with Crippen LogP contribution in [0.25, 0.3) is 0 Å². The third kappa shape index (κ3) is 5.28. The van der Waals surface area contributed by atoms with Gasteiger partial charge in [0.15, 0.2) is 6.61 Å². The molecule has 2 aromatic rings. The Bertz CT molecular complexity index is 1090. The fraction of sp³-hybridized carbons (Fsp3) is 0.286. The zero-order chi connectivity index (χ0) is 22.4. The number of rotatable bonds is 7. The summed E-state index contributed by atoms with van der Waals surface area (Å²) >= 11 is 0. The van der Waals surface area contributed by atoms with Crippen LogP contribution >= 0.6 is 0 Å². The number of carbonyl (C=O) groups excluding carboxylic acids is 3. The predicted molar refractivity (Wildman–Crippen MR) is 111 cm³/mol. The molecule has 0 radical (unpaired) electrons. The molecule has 164 valence electrons. The van der Waals surface area contributed by atoms with E-state index in [0.29, 0.717) is 13.1 Å². The van der Waals surface area contributed by atoms with Gasteiger partial charge < -0.3 is 14.8 Å². The van der Waals surface area contributed by atoms with Crippen molar-refractivity contribution in [1.29, 1.82) is 0 Å². The van der Waals surface area contributed by atoms with Crippen molar-refractivity contribution >= 4 is 33.6 Å². The van der Waals surface area contributed by atoms with E-state index < -0.39 is 34.5 Å². The molecule has 1 fully saturated rings. The number of carbonyl (C=O) groups is 3. The first-order valence-corrected chi connectivity index (χ1v) is 11.0. The Kier molecular flexibility index (Phi) is 7.03. The molecule has 0 unspecified atom stereocenters. The highest BCUT2D eigenvalue weighted by Crippen LogP contribution is 2.23. The molecule has 1 heterocycles. The van der Waals surface area contributed by atoms with E-state index in [-0.39, 0.29) is 21.7 Å². The van der Waals surface area contributed by atoms with Crippen molar-refractivity contribution in [1.82, 2.24) is 4.31 Å². The van der Waals surface area contributed by atoms with Crippen LogP contribution in [0.3, 0.4) is 0 Å². The molecule has 1 amide bonds. The van der Waals surface area contributed by atoms with E-state index in [0.717, 1.165) is 12.8 Å². The number of sulfonamides is 1. The second-order valence-corrected chi connectivity index (χ2v) is 8.74. The molecule has 0 saturated carbocycles. The van der Waals surface area contributed by atoms with Crippen molar-refractivity contribution in [2.24, 2.45) is 0 Å². The minimum Gasteiger partial charge on any atom is -0.465 e. The number of methoxy groups -OCH3 is 1. The molecular formula is C21H22N2O7S. The van der Waals surface area contributed by atoms with Crippen molar-refractivity contribution in [2.45, 2.75) is 17.7 Å². The van der Waals surface area contributed by atoms with Gasteiger partial charge in [0.25, 0.3) is 5.91 Å². The van der Waals surface area contributed by atoms with Gasteiger partial charge in [-0.25, -0.2) is 18.0 Å². The molecule has 2 aromatic carbocycles. The lowest BCUT2D eigenvalue weighted by Gasteiger charge is -2.16. The molecule has 10 heteroatoms. The quantitative estimate of drug-likeness (QED) is 0.647. The van der Waals surface area contributed by atoms with Gasteiger partial charge in [0, 0.05) is 18.8 Å². The van der Waals surface area contributed by atoms with Gasteiger partial charge in [-0.15, -0.1) is 0 Å². The van der Waals surface area contributed by atoms with Gasteiger partial charge in [0.2, 0.25) is 10.0 Å². The van der Waals surface area contributed by atoms with Crippen LogP contribution in [0.4, 0.5) is 5.69 Å². The smallest absolute Gasteiger partial charge is 0.339 e. The molecule has 1 N–H and O–H groups in total. The van der Waals surface area contributed by atoms with E-state index in [2.05, 4.69) is 10.1 Å². The minimum absolute atomic E-state index is 0.0234. The Hall–Kier alpha value is -3.24. The Morgan fingerprint density at radius 2 is 1.61 bits per heavy atom. The van der Waals surface area contributed by atoms with Crippen molar-refractivity contribution in [2.75, 3.05) is 32.1 Å². The number of hydrogen-bond acceptors (Lipinski definition) is 7. The van der Waals surface area contributed by atoms with Gasteiger partial charge in [-0.1, -0.05) is 18.2 Å². The molecule has 0 spiro atoms. The first-order chi connectivity index (χ1) is 14.8. The van der Waals surface area contributed by atoms with Gasteiger partial charge in [0.05, 0.1) is 23.1 Å². The maximum Gasteiger partial charge on any atom is 0.339 e. The highest BCUT2D eigenvalue weighted by molar-refractivity contribution is 7.89. The van der Waals surface area contributed by atoms with E-state index in [1.54, 1.807) is 12.1 Å². The third-order valence-corrected chi connectivity index (χ3v) is 6.60. The third-order valence-electron chi connectivity index (χ3n) is 4.71. The summed E-state index contributed by atoms with van der Waals surface area (Å²) in [6.45, 7) is 0.335. The second-order valence-electron chi connectivity index (χ2n) is 6.80. The van der Waals surface area contributed by atoms with Crippen LogP contribution in [0, 0.1) is 0 Å². The summed E-state index contributed by atoms with van der Waals surface area (Å²) < 4.78 is 36.4. The van der Waals surface area contributed by atoms with E-state index in [9.17, 15) is 22.8 Å². The molecule has 1 aliphatic rings. The average Bonchev–Trinajstić information content (AvgIpc) is 3.33. The highest BCUT2D eigenvalue weighted by Gasteiger charge is 2.27. The van der Waals surface area contributed by atoms with Crippen LogP contribution in [0.1, 0.15) is 33.6 Å². The fourth-order valence-corrected chi connectivity index (χ4v) is 4.73. The Labute approximate surface area is 180 Å². The summed E-state index contributed by atoms with van der Waals surface area (Å²) in [5.74, 6) is -2.21. The van der Waals surface area contributed by atoms with Crippen LogP contribution < -0.4 is 5.32 Å². The SMILES string of the molecule is COC(=O)c1ccccc1C(=O)OCC(=O)Nc1cccc(S(=O)(=O)N2CCCC2)c1. The Morgan fingerprint density at radius 3 is 2.26 bits per heavy atom. The first kappa shape index (κ1) is 22.4. The summed E-state index contributed by atoms with van der Waals surface area (Å²) in [7, 11) is -2.43. The number of amides is 1. The Balaban J connectivity index is 1.63. The van der Waals surface area contributed by atoms with Crippen molar-refractivity contribution in [3.8, 4) is 0 Å². The lowest BCUT2D eigenvalue weighted by molar-refractivity contribution is -0.119. The van der Waals surface area contributed by atoms with Crippen LogP contribution in [0.15, 0.2) is 53.4 Å². The van der Waals surface area contributed by atoms with Gasteiger partial charge in [-0.05, 0) is 43.2 Å². The number of ether oxygens (including phenoxy) is 2. The monoisotopic (exact) mass is 446 g/mol. The van der Waals surface area contributed by atoms with E-state index >= 15 is 0 Å². The summed E-state index contributed by atoms with van der Waals surface area (Å²) in [6, 6.07) is 11.8. The summed E-state index contributed by atoms with van der Waals surface area (Å²) in [5.41, 5.74) is 0.257. The average molecular weight is 446 g/mol. The zero-order valence-corrected chi connectivity index (χ0v) is 17.7. The zero-order valence-electron chi connectivity index (χ0n) is 16.9. The topological polar surface area (TPSA) is 119 Å². The van der Waals surface area contributed by atoms with E-state index in [1.807, 2.05) is 0 Å². The largest absolute Gasteiger partial charge is 0.465 e. The van der Waals surface area contributed by atoms with Crippen molar-refractivity contribution in [3.05, 3.63) is 59.7 Å². The molecular weight excluding hydrogens is 424 g/mol. The van der Waals surface area contributed by atoms with Gasteiger partial charge in [-0.3, -0.25) is 4.79 Å². The number of nitrogens with zero attached hydrogens (tertiary/aromatic N) is 1. The molecule has 0 aliphatic carbocycles.